The highest BCUT2D eigenvalue weighted by atomic mass is 16.5. The number of ether oxygens (including phenoxy) is 1. The molecule has 1 aliphatic rings. The zero-order chi connectivity index (χ0) is 10.6. The summed E-state index contributed by atoms with van der Waals surface area (Å²) in [5, 5.41) is 0. The molecule has 1 aliphatic carbocycles. The van der Waals surface area contributed by atoms with E-state index in [9.17, 15) is 0 Å². The summed E-state index contributed by atoms with van der Waals surface area (Å²) in [6, 6.07) is 0.818. The Morgan fingerprint density at radius 2 is 1.79 bits per heavy atom. The molecule has 0 unspecified atom stereocenters. The zero-order valence-electron chi connectivity index (χ0n) is 10.2. The number of rotatable bonds is 4. The summed E-state index contributed by atoms with van der Waals surface area (Å²) in [5.74, 6) is 0. The Morgan fingerprint density at radius 3 is 2.29 bits per heavy atom. The van der Waals surface area contributed by atoms with Gasteiger partial charge in [-0.05, 0) is 40.7 Å². The Hall–Kier alpha value is -0.0800. The SMILES string of the molecule is CN(CCOC(C)(C)C)C1CCCC1. The van der Waals surface area contributed by atoms with E-state index in [4.69, 9.17) is 4.74 Å². The molecule has 84 valence electrons. The first-order chi connectivity index (χ1) is 6.49. The van der Waals surface area contributed by atoms with Crippen LogP contribution in [0.15, 0.2) is 0 Å². The Bertz CT molecular complexity index is 156. The van der Waals surface area contributed by atoms with Gasteiger partial charge >= 0.3 is 0 Å². The van der Waals surface area contributed by atoms with E-state index in [1.54, 1.807) is 0 Å². The standard InChI is InChI=1S/C12H25NO/c1-12(2,3)14-10-9-13(4)11-7-5-6-8-11/h11H,5-10H2,1-4H3. The molecule has 14 heavy (non-hydrogen) atoms. The van der Waals surface area contributed by atoms with E-state index in [1.807, 2.05) is 0 Å². The van der Waals surface area contributed by atoms with E-state index < -0.39 is 0 Å². The summed E-state index contributed by atoms with van der Waals surface area (Å²) in [5.41, 5.74) is 0.0104. The van der Waals surface area contributed by atoms with Crippen LogP contribution >= 0.6 is 0 Å². The van der Waals surface area contributed by atoms with Crippen molar-refractivity contribution in [1.82, 2.24) is 4.90 Å². The third-order valence-corrected chi connectivity index (χ3v) is 2.93. The van der Waals surface area contributed by atoms with Gasteiger partial charge in [-0.15, -0.1) is 0 Å². The molecule has 0 saturated heterocycles. The van der Waals surface area contributed by atoms with Gasteiger partial charge in [0.25, 0.3) is 0 Å². The van der Waals surface area contributed by atoms with Crippen LogP contribution < -0.4 is 0 Å². The second kappa shape index (κ2) is 5.13. The fourth-order valence-corrected chi connectivity index (χ4v) is 2.02. The first-order valence-corrected chi connectivity index (χ1v) is 5.83. The highest BCUT2D eigenvalue weighted by molar-refractivity contribution is 4.75. The van der Waals surface area contributed by atoms with E-state index >= 15 is 0 Å². The number of hydrogen-bond donors (Lipinski definition) is 0. The number of likely N-dealkylation sites (N-methyl/N-ethyl adjacent to an activating group) is 1. The minimum Gasteiger partial charge on any atom is -0.375 e. The Kier molecular flexibility index (Phi) is 4.39. The molecule has 0 atom stereocenters. The number of hydrogen-bond acceptors (Lipinski definition) is 2. The van der Waals surface area contributed by atoms with E-state index in [2.05, 4.69) is 32.7 Å². The molecule has 1 saturated carbocycles. The van der Waals surface area contributed by atoms with Gasteiger partial charge in [0.15, 0.2) is 0 Å². The van der Waals surface area contributed by atoms with Crippen LogP contribution in [0.3, 0.4) is 0 Å². The lowest BCUT2D eigenvalue weighted by Crippen LogP contribution is -2.34. The molecule has 0 heterocycles. The Morgan fingerprint density at radius 1 is 1.21 bits per heavy atom. The predicted molar refractivity (Wildman–Crippen MR) is 60.6 cm³/mol. The average Bonchev–Trinajstić information content (AvgIpc) is 2.53. The van der Waals surface area contributed by atoms with Crippen LogP contribution in [0.5, 0.6) is 0 Å². The maximum Gasteiger partial charge on any atom is 0.0600 e. The molecule has 0 aromatic heterocycles. The van der Waals surface area contributed by atoms with Crippen molar-refractivity contribution in [3.05, 3.63) is 0 Å². The molecule has 1 fully saturated rings. The smallest absolute Gasteiger partial charge is 0.0600 e. The maximum atomic E-state index is 5.72. The van der Waals surface area contributed by atoms with Crippen molar-refractivity contribution in [3.63, 3.8) is 0 Å². The van der Waals surface area contributed by atoms with Crippen LogP contribution in [0.4, 0.5) is 0 Å². The highest BCUT2D eigenvalue weighted by Crippen LogP contribution is 2.22. The van der Waals surface area contributed by atoms with Crippen LogP contribution in [-0.2, 0) is 4.74 Å². The minimum absolute atomic E-state index is 0.0104. The molecule has 0 amide bonds. The summed E-state index contributed by atoms with van der Waals surface area (Å²) < 4.78 is 5.72. The fraction of sp³-hybridized carbons (Fsp3) is 1.00. The van der Waals surface area contributed by atoms with Gasteiger partial charge in [0.1, 0.15) is 0 Å². The quantitative estimate of drug-likeness (QED) is 0.690. The van der Waals surface area contributed by atoms with Gasteiger partial charge in [-0.2, -0.15) is 0 Å². The highest BCUT2D eigenvalue weighted by Gasteiger charge is 2.19. The molecule has 0 bridgehead atoms. The monoisotopic (exact) mass is 199 g/mol. The first kappa shape index (κ1) is 12.0. The summed E-state index contributed by atoms with van der Waals surface area (Å²) in [6.07, 6.45) is 5.59. The van der Waals surface area contributed by atoms with Gasteiger partial charge < -0.3 is 9.64 Å². The zero-order valence-corrected chi connectivity index (χ0v) is 10.2. The fourth-order valence-electron chi connectivity index (χ4n) is 2.02. The van der Waals surface area contributed by atoms with Crippen molar-refractivity contribution in [1.29, 1.82) is 0 Å². The van der Waals surface area contributed by atoms with E-state index in [-0.39, 0.29) is 5.60 Å². The Labute approximate surface area is 88.6 Å². The lowest BCUT2D eigenvalue weighted by molar-refractivity contribution is -0.0142. The second-order valence-corrected chi connectivity index (χ2v) is 5.38. The van der Waals surface area contributed by atoms with Crippen LogP contribution in [0.25, 0.3) is 0 Å². The molecule has 2 nitrogen and oxygen atoms in total. The number of nitrogens with zero attached hydrogens (tertiary/aromatic N) is 1. The molecule has 1 rings (SSSR count). The van der Waals surface area contributed by atoms with Crippen molar-refractivity contribution in [2.45, 2.75) is 58.1 Å². The summed E-state index contributed by atoms with van der Waals surface area (Å²) >= 11 is 0. The van der Waals surface area contributed by atoms with Crippen molar-refractivity contribution in [3.8, 4) is 0 Å². The van der Waals surface area contributed by atoms with Gasteiger partial charge in [-0.3, -0.25) is 0 Å². The molecule has 2 heteroatoms. The minimum atomic E-state index is 0.0104. The van der Waals surface area contributed by atoms with Crippen LogP contribution in [0.2, 0.25) is 0 Å². The van der Waals surface area contributed by atoms with E-state index in [0.717, 1.165) is 19.2 Å². The van der Waals surface area contributed by atoms with Crippen molar-refractivity contribution in [2.24, 2.45) is 0 Å². The molecule has 0 N–H and O–H groups in total. The second-order valence-electron chi connectivity index (χ2n) is 5.38. The van der Waals surface area contributed by atoms with E-state index in [0.29, 0.717) is 0 Å². The summed E-state index contributed by atoms with van der Waals surface area (Å²) in [4.78, 5) is 2.46. The van der Waals surface area contributed by atoms with Crippen LogP contribution in [0.1, 0.15) is 46.5 Å². The third kappa shape index (κ3) is 4.43. The van der Waals surface area contributed by atoms with Gasteiger partial charge in [0, 0.05) is 12.6 Å². The maximum absolute atomic E-state index is 5.72. The van der Waals surface area contributed by atoms with Gasteiger partial charge in [0.2, 0.25) is 0 Å². The lowest BCUT2D eigenvalue weighted by atomic mass is 10.2. The van der Waals surface area contributed by atoms with Crippen LogP contribution in [-0.4, -0.2) is 36.7 Å². The van der Waals surface area contributed by atoms with Gasteiger partial charge in [-0.1, -0.05) is 12.8 Å². The van der Waals surface area contributed by atoms with Gasteiger partial charge in [0.05, 0.1) is 12.2 Å². The van der Waals surface area contributed by atoms with Crippen molar-refractivity contribution < 1.29 is 4.74 Å². The average molecular weight is 199 g/mol. The lowest BCUT2D eigenvalue weighted by Gasteiger charge is -2.26. The molecule has 0 spiro atoms. The molecule has 0 aromatic rings. The van der Waals surface area contributed by atoms with E-state index in [1.165, 1.54) is 25.7 Å². The largest absolute Gasteiger partial charge is 0.375 e. The first-order valence-electron chi connectivity index (χ1n) is 5.83. The van der Waals surface area contributed by atoms with Crippen molar-refractivity contribution >= 4 is 0 Å². The summed E-state index contributed by atoms with van der Waals surface area (Å²) in [6.45, 7) is 8.27. The molecule has 0 radical (unpaired) electrons. The third-order valence-electron chi connectivity index (χ3n) is 2.93. The molecule has 0 aliphatic heterocycles. The van der Waals surface area contributed by atoms with Gasteiger partial charge in [-0.25, -0.2) is 0 Å². The Balaban J connectivity index is 2.11. The van der Waals surface area contributed by atoms with Crippen LogP contribution in [0, 0.1) is 0 Å². The molecule has 0 aromatic carbocycles. The van der Waals surface area contributed by atoms with Crippen molar-refractivity contribution in [2.75, 3.05) is 20.2 Å². The topological polar surface area (TPSA) is 12.5 Å². The molecular formula is C12H25NO. The summed E-state index contributed by atoms with van der Waals surface area (Å²) in [7, 11) is 2.22. The predicted octanol–water partition coefficient (Wildman–Crippen LogP) is 2.68. The normalized spacial score (nSPS) is 19.5. The molecular weight excluding hydrogens is 174 g/mol.